The fraction of sp³-hybridized carbons (Fsp3) is 0.278. The lowest BCUT2D eigenvalue weighted by Gasteiger charge is -2.41. The minimum Gasteiger partial charge on any atom is -0.298 e. The number of carbonyl (C=O) groups is 1. The Morgan fingerprint density at radius 2 is 1.71 bits per heavy atom. The number of rotatable bonds is 4. The number of carbonyl (C=O) groups excluding carboxylic acids is 1. The Bertz CT molecular complexity index is 660. The molecule has 0 spiro atoms. The third kappa shape index (κ3) is 2.48. The maximum atomic E-state index is 13.3. The minimum absolute atomic E-state index is 0.0889. The van der Waals surface area contributed by atoms with Gasteiger partial charge < -0.3 is 0 Å². The maximum absolute atomic E-state index is 13.3. The molecule has 1 saturated carbocycles. The van der Waals surface area contributed by atoms with Gasteiger partial charge in [-0.05, 0) is 36.1 Å². The molecular formula is C18H16F2O. The Kier molecular flexibility index (Phi) is 3.58. The number of ketones is 1. The highest BCUT2D eigenvalue weighted by molar-refractivity contribution is 5.92. The molecule has 108 valence electrons. The zero-order valence-corrected chi connectivity index (χ0v) is 11.6. The van der Waals surface area contributed by atoms with Gasteiger partial charge in [0.1, 0.15) is 5.78 Å². The lowest BCUT2D eigenvalue weighted by atomic mass is 9.61. The van der Waals surface area contributed by atoms with Crippen molar-refractivity contribution in [2.24, 2.45) is 0 Å². The van der Waals surface area contributed by atoms with Crippen molar-refractivity contribution < 1.29 is 13.6 Å². The van der Waals surface area contributed by atoms with Crippen molar-refractivity contribution in [3.63, 3.8) is 0 Å². The molecule has 2 aromatic rings. The van der Waals surface area contributed by atoms with E-state index in [1.54, 1.807) is 0 Å². The summed E-state index contributed by atoms with van der Waals surface area (Å²) < 4.78 is 26.2. The van der Waals surface area contributed by atoms with Crippen molar-refractivity contribution in [2.45, 2.75) is 31.1 Å². The van der Waals surface area contributed by atoms with Gasteiger partial charge in [-0.2, -0.15) is 0 Å². The van der Waals surface area contributed by atoms with Crippen LogP contribution in [0.4, 0.5) is 8.78 Å². The number of hydrogen-bond donors (Lipinski definition) is 0. The van der Waals surface area contributed by atoms with Crippen molar-refractivity contribution in [1.29, 1.82) is 0 Å². The highest BCUT2D eigenvalue weighted by Crippen LogP contribution is 2.45. The molecule has 1 fully saturated rings. The summed E-state index contributed by atoms with van der Waals surface area (Å²) in [5, 5.41) is 0. The van der Waals surface area contributed by atoms with Crippen molar-refractivity contribution in [3.8, 4) is 0 Å². The summed E-state index contributed by atoms with van der Waals surface area (Å²) in [5.41, 5.74) is 1.12. The Labute approximate surface area is 122 Å². The first kappa shape index (κ1) is 13.9. The smallest absolute Gasteiger partial charge is 0.159 e. The number of halogens is 2. The van der Waals surface area contributed by atoms with Crippen LogP contribution in [-0.4, -0.2) is 5.78 Å². The summed E-state index contributed by atoms with van der Waals surface area (Å²) in [6.07, 6.45) is 2.84. The monoisotopic (exact) mass is 286 g/mol. The highest BCUT2D eigenvalue weighted by Gasteiger charge is 2.44. The van der Waals surface area contributed by atoms with Crippen molar-refractivity contribution in [3.05, 3.63) is 71.3 Å². The Morgan fingerprint density at radius 1 is 1.00 bits per heavy atom. The van der Waals surface area contributed by atoms with Crippen LogP contribution in [0.1, 0.15) is 30.4 Å². The summed E-state index contributed by atoms with van der Waals surface area (Å²) in [6, 6.07) is 13.4. The van der Waals surface area contributed by atoms with Crippen LogP contribution in [0.25, 0.3) is 0 Å². The standard InChI is InChI=1S/C18H16F2O/c19-15-8-7-13(11-16(15)20)12-17(21)18(9-4-10-18)14-5-2-1-3-6-14/h1-3,5-8,11H,4,9-10,12H2. The summed E-state index contributed by atoms with van der Waals surface area (Å²) in [6.45, 7) is 0. The average Bonchev–Trinajstić information content (AvgIpc) is 2.43. The van der Waals surface area contributed by atoms with Gasteiger partial charge in [-0.1, -0.05) is 42.8 Å². The molecule has 0 aromatic heterocycles. The average molecular weight is 286 g/mol. The third-order valence-electron chi connectivity index (χ3n) is 4.42. The Hall–Kier alpha value is -2.03. The van der Waals surface area contributed by atoms with Crippen LogP contribution in [-0.2, 0) is 16.6 Å². The zero-order chi connectivity index (χ0) is 14.9. The van der Waals surface area contributed by atoms with Gasteiger partial charge in [0.05, 0.1) is 5.41 Å². The lowest BCUT2D eigenvalue weighted by Crippen LogP contribution is -2.43. The van der Waals surface area contributed by atoms with Crippen LogP contribution >= 0.6 is 0 Å². The van der Waals surface area contributed by atoms with E-state index in [1.165, 1.54) is 6.07 Å². The number of benzene rings is 2. The second-order valence-corrected chi connectivity index (χ2v) is 5.65. The second kappa shape index (κ2) is 5.40. The van der Waals surface area contributed by atoms with E-state index in [-0.39, 0.29) is 12.2 Å². The molecule has 0 radical (unpaired) electrons. The van der Waals surface area contributed by atoms with Crippen LogP contribution in [0, 0.1) is 11.6 Å². The quantitative estimate of drug-likeness (QED) is 0.823. The zero-order valence-electron chi connectivity index (χ0n) is 11.6. The van der Waals surface area contributed by atoms with Gasteiger partial charge in [-0.15, -0.1) is 0 Å². The fourth-order valence-corrected chi connectivity index (χ4v) is 3.02. The van der Waals surface area contributed by atoms with Gasteiger partial charge in [-0.3, -0.25) is 4.79 Å². The van der Waals surface area contributed by atoms with Gasteiger partial charge in [0.2, 0.25) is 0 Å². The van der Waals surface area contributed by atoms with Crippen molar-refractivity contribution in [2.75, 3.05) is 0 Å². The number of Topliss-reactive ketones (excluding diaryl/α,β-unsaturated/α-hetero) is 1. The van der Waals surface area contributed by atoms with Gasteiger partial charge in [0.15, 0.2) is 11.6 Å². The molecule has 0 atom stereocenters. The van der Waals surface area contributed by atoms with Gasteiger partial charge in [0.25, 0.3) is 0 Å². The van der Waals surface area contributed by atoms with Crippen molar-refractivity contribution in [1.82, 2.24) is 0 Å². The highest BCUT2D eigenvalue weighted by atomic mass is 19.2. The molecule has 0 bridgehead atoms. The fourth-order valence-electron chi connectivity index (χ4n) is 3.02. The molecule has 0 aliphatic heterocycles. The molecule has 3 rings (SSSR count). The predicted molar refractivity (Wildman–Crippen MR) is 77.0 cm³/mol. The molecule has 0 amide bonds. The van der Waals surface area contributed by atoms with Crippen molar-refractivity contribution >= 4 is 5.78 Å². The SMILES string of the molecule is O=C(Cc1ccc(F)c(F)c1)C1(c2ccccc2)CCC1. The van der Waals surface area contributed by atoms with Crippen LogP contribution in [0.15, 0.2) is 48.5 Å². The van der Waals surface area contributed by atoms with E-state index in [9.17, 15) is 13.6 Å². The van der Waals surface area contributed by atoms with E-state index >= 15 is 0 Å². The Morgan fingerprint density at radius 3 is 2.29 bits per heavy atom. The molecule has 0 unspecified atom stereocenters. The van der Waals surface area contributed by atoms with E-state index < -0.39 is 17.0 Å². The van der Waals surface area contributed by atoms with Gasteiger partial charge in [-0.25, -0.2) is 8.78 Å². The predicted octanol–water partition coefficient (Wildman–Crippen LogP) is 4.20. The molecule has 3 heteroatoms. The third-order valence-corrected chi connectivity index (χ3v) is 4.42. The van der Waals surface area contributed by atoms with E-state index in [4.69, 9.17) is 0 Å². The molecular weight excluding hydrogens is 270 g/mol. The summed E-state index contributed by atoms with van der Waals surface area (Å²) in [4.78, 5) is 12.7. The van der Waals surface area contributed by atoms with E-state index in [1.807, 2.05) is 30.3 Å². The summed E-state index contributed by atoms with van der Waals surface area (Å²) in [7, 11) is 0. The Balaban J connectivity index is 1.85. The molecule has 1 nitrogen and oxygen atoms in total. The maximum Gasteiger partial charge on any atom is 0.159 e. The molecule has 0 saturated heterocycles. The van der Waals surface area contributed by atoms with Crippen LogP contribution in [0.3, 0.4) is 0 Å². The summed E-state index contributed by atoms with van der Waals surface area (Å²) >= 11 is 0. The van der Waals surface area contributed by atoms with Crippen LogP contribution in [0.2, 0.25) is 0 Å². The molecule has 2 aromatic carbocycles. The second-order valence-electron chi connectivity index (χ2n) is 5.65. The van der Waals surface area contributed by atoms with Crippen LogP contribution in [0.5, 0.6) is 0 Å². The van der Waals surface area contributed by atoms with Gasteiger partial charge >= 0.3 is 0 Å². The van der Waals surface area contributed by atoms with E-state index in [0.29, 0.717) is 5.56 Å². The topological polar surface area (TPSA) is 17.1 Å². The summed E-state index contributed by atoms with van der Waals surface area (Å²) in [5.74, 6) is -1.69. The molecule has 1 aliphatic carbocycles. The molecule has 0 N–H and O–H groups in total. The van der Waals surface area contributed by atoms with Gasteiger partial charge in [0, 0.05) is 6.42 Å². The first-order valence-electron chi connectivity index (χ1n) is 7.15. The molecule has 0 heterocycles. The molecule has 21 heavy (non-hydrogen) atoms. The minimum atomic E-state index is -0.900. The number of hydrogen-bond acceptors (Lipinski definition) is 1. The van der Waals surface area contributed by atoms with Crippen LogP contribution < -0.4 is 0 Å². The van der Waals surface area contributed by atoms with E-state index in [2.05, 4.69) is 0 Å². The lowest BCUT2D eigenvalue weighted by molar-refractivity contribution is -0.127. The first-order valence-corrected chi connectivity index (χ1v) is 7.15. The largest absolute Gasteiger partial charge is 0.298 e. The van der Waals surface area contributed by atoms with E-state index in [0.717, 1.165) is 37.0 Å². The first-order chi connectivity index (χ1) is 10.1. The molecule has 1 aliphatic rings. The normalized spacial score (nSPS) is 16.3.